The van der Waals surface area contributed by atoms with Crippen molar-refractivity contribution < 1.29 is 15.3 Å². The van der Waals surface area contributed by atoms with Gasteiger partial charge in [0.05, 0.1) is 19.8 Å². The van der Waals surface area contributed by atoms with Gasteiger partial charge in [-0.2, -0.15) is 0 Å². The fourth-order valence-corrected chi connectivity index (χ4v) is 1.53. The van der Waals surface area contributed by atoms with Gasteiger partial charge in [0.2, 0.25) is 0 Å². The van der Waals surface area contributed by atoms with E-state index < -0.39 is 25.4 Å². The number of nitrogen functional groups attached to an aromatic ring is 1. The quantitative estimate of drug-likeness (QED) is 0.323. The number of hydrogen-bond acceptors (Lipinski definition) is 8. The minimum Gasteiger partial charge on any atom is -0.394 e. The Morgan fingerprint density at radius 1 is 1.29 bits per heavy atom. The van der Waals surface area contributed by atoms with Gasteiger partial charge in [-0.05, 0) is 6.26 Å². The van der Waals surface area contributed by atoms with Crippen LogP contribution in [0.3, 0.4) is 0 Å². The van der Waals surface area contributed by atoms with E-state index in [1.807, 2.05) is 0 Å². The molecule has 17 heavy (non-hydrogen) atoms. The Kier molecular flexibility index (Phi) is 4.94. The molecule has 0 bridgehead atoms. The molecule has 0 aliphatic carbocycles. The Balaban J connectivity index is 2.96. The summed E-state index contributed by atoms with van der Waals surface area (Å²) in [5.41, 5.74) is 4.36. The SMILES string of the molecule is CSc1nc(N)cc(NC(CO)(CO)CO)n1. The van der Waals surface area contributed by atoms with E-state index >= 15 is 0 Å². The van der Waals surface area contributed by atoms with E-state index in [4.69, 9.17) is 5.73 Å². The number of rotatable bonds is 6. The lowest BCUT2D eigenvalue weighted by Crippen LogP contribution is -2.49. The molecule has 1 aromatic rings. The summed E-state index contributed by atoms with van der Waals surface area (Å²) < 4.78 is 0. The molecule has 0 fully saturated rings. The first-order valence-electron chi connectivity index (χ1n) is 4.88. The molecule has 8 heteroatoms. The molecule has 0 aliphatic rings. The van der Waals surface area contributed by atoms with Crippen LogP contribution in [0.1, 0.15) is 0 Å². The molecule has 1 aromatic heterocycles. The summed E-state index contributed by atoms with van der Waals surface area (Å²) >= 11 is 1.32. The molecule has 6 N–H and O–H groups in total. The predicted molar refractivity (Wildman–Crippen MR) is 65.8 cm³/mol. The maximum Gasteiger partial charge on any atom is 0.191 e. The lowest BCUT2D eigenvalue weighted by Gasteiger charge is -2.29. The van der Waals surface area contributed by atoms with Crippen molar-refractivity contribution in [3.05, 3.63) is 6.07 Å². The van der Waals surface area contributed by atoms with Gasteiger partial charge in [0, 0.05) is 6.07 Å². The summed E-state index contributed by atoms with van der Waals surface area (Å²) in [6, 6.07) is 1.47. The van der Waals surface area contributed by atoms with Crippen LogP contribution in [0.2, 0.25) is 0 Å². The molecule has 0 amide bonds. The van der Waals surface area contributed by atoms with Gasteiger partial charge in [-0.1, -0.05) is 11.8 Å². The van der Waals surface area contributed by atoms with E-state index in [1.54, 1.807) is 6.26 Å². The molecule has 0 radical (unpaired) electrons. The minimum atomic E-state index is -1.23. The average Bonchev–Trinajstić information content (AvgIpc) is 2.35. The number of anilines is 2. The van der Waals surface area contributed by atoms with Gasteiger partial charge in [0.25, 0.3) is 0 Å². The van der Waals surface area contributed by atoms with Crippen LogP contribution in [-0.2, 0) is 0 Å². The summed E-state index contributed by atoms with van der Waals surface area (Å²) in [7, 11) is 0. The summed E-state index contributed by atoms with van der Waals surface area (Å²) in [4.78, 5) is 8.07. The fourth-order valence-electron chi connectivity index (χ4n) is 1.14. The molecule has 96 valence electrons. The zero-order valence-corrected chi connectivity index (χ0v) is 10.2. The molecule has 0 aromatic carbocycles. The van der Waals surface area contributed by atoms with Crippen LogP contribution in [0.15, 0.2) is 11.2 Å². The second-order valence-corrected chi connectivity index (χ2v) is 4.32. The van der Waals surface area contributed by atoms with Gasteiger partial charge in [-0.3, -0.25) is 0 Å². The second-order valence-electron chi connectivity index (χ2n) is 3.54. The number of nitrogens with one attached hydrogen (secondary N) is 1. The molecule has 0 aliphatic heterocycles. The number of aliphatic hydroxyl groups is 3. The molecular formula is C9H16N4O3S. The van der Waals surface area contributed by atoms with Crippen molar-refractivity contribution in [2.75, 3.05) is 37.1 Å². The Morgan fingerprint density at radius 3 is 2.35 bits per heavy atom. The number of nitrogens with two attached hydrogens (primary N) is 1. The van der Waals surface area contributed by atoms with Gasteiger partial charge >= 0.3 is 0 Å². The summed E-state index contributed by atoms with van der Waals surface area (Å²) in [5.74, 6) is 0.619. The van der Waals surface area contributed by atoms with Crippen LogP contribution < -0.4 is 11.1 Å². The van der Waals surface area contributed by atoms with Gasteiger partial charge in [-0.15, -0.1) is 0 Å². The van der Waals surface area contributed by atoms with Gasteiger partial charge in [0.1, 0.15) is 17.2 Å². The number of aromatic nitrogens is 2. The highest BCUT2D eigenvalue weighted by Crippen LogP contribution is 2.18. The van der Waals surface area contributed by atoms with E-state index in [9.17, 15) is 15.3 Å². The van der Waals surface area contributed by atoms with Crippen molar-refractivity contribution in [2.24, 2.45) is 0 Å². The van der Waals surface area contributed by atoms with Gasteiger partial charge in [-0.25, -0.2) is 9.97 Å². The van der Waals surface area contributed by atoms with Crippen LogP contribution in [0.4, 0.5) is 11.6 Å². The number of hydrogen-bond donors (Lipinski definition) is 5. The Labute approximate surface area is 103 Å². The first-order valence-corrected chi connectivity index (χ1v) is 6.11. The molecule has 0 atom stereocenters. The number of aliphatic hydroxyl groups excluding tert-OH is 3. The molecular weight excluding hydrogens is 244 g/mol. The maximum absolute atomic E-state index is 9.17. The zero-order valence-electron chi connectivity index (χ0n) is 9.42. The Bertz CT molecular complexity index is 365. The zero-order chi connectivity index (χ0) is 12.9. The van der Waals surface area contributed by atoms with Crippen molar-refractivity contribution in [3.8, 4) is 0 Å². The van der Waals surface area contributed by atoms with Crippen LogP contribution in [0, 0.1) is 0 Å². The monoisotopic (exact) mass is 260 g/mol. The van der Waals surface area contributed by atoms with E-state index in [2.05, 4.69) is 15.3 Å². The van der Waals surface area contributed by atoms with Crippen molar-refractivity contribution >= 4 is 23.4 Å². The number of nitrogens with zero attached hydrogens (tertiary/aromatic N) is 2. The first kappa shape index (κ1) is 14.0. The molecule has 0 saturated carbocycles. The largest absolute Gasteiger partial charge is 0.394 e. The summed E-state index contributed by atoms with van der Waals surface area (Å²) in [5, 5.41) is 30.7. The van der Waals surface area contributed by atoms with Crippen molar-refractivity contribution in [2.45, 2.75) is 10.7 Å². The highest BCUT2D eigenvalue weighted by atomic mass is 32.2. The van der Waals surface area contributed by atoms with E-state index in [0.717, 1.165) is 0 Å². The van der Waals surface area contributed by atoms with E-state index in [1.165, 1.54) is 17.8 Å². The topological polar surface area (TPSA) is 125 Å². The smallest absolute Gasteiger partial charge is 0.191 e. The van der Waals surface area contributed by atoms with Gasteiger partial charge in [0.15, 0.2) is 5.16 Å². The maximum atomic E-state index is 9.17. The fraction of sp³-hybridized carbons (Fsp3) is 0.556. The molecule has 0 unspecified atom stereocenters. The minimum absolute atomic E-state index is 0.273. The van der Waals surface area contributed by atoms with Gasteiger partial charge < -0.3 is 26.4 Å². The van der Waals surface area contributed by atoms with Crippen molar-refractivity contribution in [1.82, 2.24) is 9.97 Å². The summed E-state index contributed by atoms with van der Waals surface area (Å²) in [6.07, 6.45) is 1.80. The molecule has 0 spiro atoms. The third kappa shape index (κ3) is 3.43. The molecule has 0 saturated heterocycles. The molecule has 1 rings (SSSR count). The number of thioether (sulfide) groups is 1. The second kappa shape index (κ2) is 6.01. The lowest BCUT2D eigenvalue weighted by atomic mass is 10.0. The molecule has 1 heterocycles. The first-order chi connectivity index (χ1) is 8.09. The van der Waals surface area contributed by atoms with Crippen LogP contribution in [-0.4, -0.2) is 56.9 Å². The van der Waals surface area contributed by atoms with Crippen LogP contribution in [0.25, 0.3) is 0 Å². The van der Waals surface area contributed by atoms with Crippen LogP contribution >= 0.6 is 11.8 Å². The van der Waals surface area contributed by atoms with E-state index in [0.29, 0.717) is 11.0 Å². The standard InChI is InChI=1S/C9H16N4O3S/c1-17-8-11-6(10)2-7(12-8)13-9(3-14,4-15)5-16/h2,14-16H,3-5H2,1H3,(H3,10,11,12,13). The third-order valence-electron chi connectivity index (χ3n) is 2.21. The summed E-state index contributed by atoms with van der Waals surface area (Å²) in [6.45, 7) is -1.30. The van der Waals surface area contributed by atoms with Crippen molar-refractivity contribution in [1.29, 1.82) is 0 Å². The molecule has 7 nitrogen and oxygen atoms in total. The lowest BCUT2D eigenvalue weighted by molar-refractivity contribution is 0.0830. The highest BCUT2D eigenvalue weighted by molar-refractivity contribution is 7.98. The normalized spacial score (nSPS) is 11.5. The highest BCUT2D eigenvalue weighted by Gasteiger charge is 2.28. The van der Waals surface area contributed by atoms with E-state index in [-0.39, 0.29) is 5.82 Å². The predicted octanol–water partition coefficient (Wildman–Crippen LogP) is -1.09. The Hall–Kier alpha value is -1.09. The average molecular weight is 260 g/mol. The Morgan fingerprint density at radius 2 is 1.88 bits per heavy atom. The third-order valence-corrected chi connectivity index (χ3v) is 2.76. The van der Waals surface area contributed by atoms with Crippen molar-refractivity contribution in [3.63, 3.8) is 0 Å². The van der Waals surface area contributed by atoms with Crippen LogP contribution in [0.5, 0.6) is 0 Å².